The number of hydrogen-bond acceptors (Lipinski definition) is 3. The Morgan fingerprint density at radius 3 is 2.00 bits per heavy atom. The third-order valence-electron chi connectivity index (χ3n) is 4.44. The van der Waals surface area contributed by atoms with E-state index in [1.54, 1.807) is 0 Å². The van der Waals surface area contributed by atoms with E-state index in [1.807, 2.05) is 0 Å². The van der Waals surface area contributed by atoms with Crippen LogP contribution in [0.3, 0.4) is 0 Å². The van der Waals surface area contributed by atoms with Gasteiger partial charge in [-0.1, -0.05) is 39.0 Å². The van der Waals surface area contributed by atoms with Crippen LogP contribution >= 0.6 is 0 Å². The number of carbonyl (C=O) groups is 1. The molecule has 0 amide bonds. The molecule has 0 spiro atoms. The van der Waals surface area contributed by atoms with E-state index in [2.05, 4.69) is 25.7 Å². The number of aliphatic hydroxyl groups is 1. The van der Waals surface area contributed by atoms with Crippen LogP contribution in [0.5, 0.6) is 0 Å². The van der Waals surface area contributed by atoms with Crippen molar-refractivity contribution >= 4 is 10.3 Å². The summed E-state index contributed by atoms with van der Waals surface area (Å²) in [5.74, 6) is -0.249. The maximum absolute atomic E-state index is 11.7. The van der Waals surface area contributed by atoms with Crippen molar-refractivity contribution in [1.82, 2.24) is 0 Å². The summed E-state index contributed by atoms with van der Waals surface area (Å²) in [5, 5.41) is 9.57. The molecule has 0 aliphatic heterocycles. The van der Waals surface area contributed by atoms with Crippen LogP contribution in [0.25, 0.3) is 0 Å². The molecule has 0 aromatic rings. The summed E-state index contributed by atoms with van der Waals surface area (Å²) in [6.45, 7) is 5.76. The number of aliphatic hydroxyl groups excluding tert-OH is 1. The zero-order chi connectivity index (χ0) is 20.2. The summed E-state index contributed by atoms with van der Waals surface area (Å²) in [7, 11) is 0. The molecule has 0 unspecified atom stereocenters. The van der Waals surface area contributed by atoms with Crippen LogP contribution in [0.2, 0.25) is 0 Å². The molecule has 0 saturated heterocycles. The SMILES string of the molecule is C=C/C=C(/O)[C](=[Zn])OC(=O)CCCCCCC/C=C\CCCCCCCC. The maximum atomic E-state index is 11.7. The van der Waals surface area contributed by atoms with E-state index in [4.69, 9.17) is 4.74 Å². The Morgan fingerprint density at radius 2 is 1.44 bits per heavy atom. The van der Waals surface area contributed by atoms with Crippen molar-refractivity contribution in [1.29, 1.82) is 0 Å². The molecule has 0 aromatic heterocycles. The quantitative estimate of drug-likeness (QED) is 0.0648. The Bertz CT molecular complexity index is 466. The molecule has 0 radical (unpaired) electrons. The van der Waals surface area contributed by atoms with Gasteiger partial charge < -0.3 is 0 Å². The minimum Gasteiger partial charge on any atom is -0.0654 e. The molecule has 0 heterocycles. The van der Waals surface area contributed by atoms with E-state index in [9.17, 15) is 9.90 Å². The average Bonchev–Trinajstić information content (AvgIpc) is 2.65. The van der Waals surface area contributed by atoms with E-state index in [1.165, 1.54) is 76.4 Å². The van der Waals surface area contributed by atoms with Gasteiger partial charge >= 0.3 is 124 Å². The number of unbranched alkanes of at least 4 members (excludes halogenated alkanes) is 11. The van der Waals surface area contributed by atoms with Crippen LogP contribution < -0.4 is 0 Å². The predicted octanol–water partition coefficient (Wildman–Crippen LogP) is 6.87. The number of rotatable bonds is 18. The van der Waals surface area contributed by atoms with Gasteiger partial charge in [0, 0.05) is 0 Å². The third-order valence-corrected chi connectivity index (χ3v) is 5.50. The van der Waals surface area contributed by atoms with Crippen LogP contribution in [-0.4, -0.2) is 15.4 Å². The standard InChI is InChI=1S/C23H38O3.Zn/c1-3-5-6-7-8-9-10-11-12-13-14-15-16-17-18-20-23(25)26-21-22(24)19-4-2;/h4,11-12,19,24H,2-3,5-10,13-18,20H2,1H3;/b12-11-,22-19+;. The molecule has 27 heavy (non-hydrogen) atoms. The molecule has 0 rings (SSSR count). The number of esters is 1. The van der Waals surface area contributed by atoms with Gasteiger partial charge in [0.25, 0.3) is 0 Å². The van der Waals surface area contributed by atoms with Gasteiger partial charge in [0.1, 0.15) is 0 Å². The average molecular weight is 428 g/mol. The summed E-state index contributed by atoms with van der Waals surface area (Å²) in [5.41, 5.74) is 0. The first-order valence-electron chi connectivity index (χ1n) is 10.7. The predicted molar refractivity (Wildman–Crippen MR) is 111 cm³/mol. The van der Waals surface area contributed by atoms with Gasteiger partial charge in [-0.25, -0.2) is 0 Å². The van der Waals surface area contributed by atoms with E-state index in [-0.39, 0.29) is 11.7 Å². The normalized spacial score (nSPS) is 11.7. The van der Waals surface area contributed by atoms with Gasteiger partial charge in [-0.05, 0) is 12.8 Å². The summed E-state index contributed by atoms with van der Waals surface area (Å²) < 4.78 is 5.50. The third kappa shape index (κ3) is 18.1. The Kier molecular flexibility index (Phi) is 19.0. The number of ether oxygens (including phenoxy) is 1. The second-order valence-corrected chi connectivity index (χ2v) is 8.37. The smallest absolute Gasteiger partial charge is 0.0654 e. The molecule has 0 aliphatic carbocycles. The summed E-state index contributed by atoms with van der Waals surface area (Å²) in [6, 6.07) is 0. The minimum atomic E-state index is -0.252. The minimum absolute atomic E-state index is 0.00268. The Morgan fingerprint density at radius 1 is 0.926 bits per heavy atom. The van der Waals surface area contributed by atoms with Gasteiger partial charge in [-0.15, -0.1) is 0 Å². The molecular formula is C23H38O3Zn. The summed E-state index contributed by atoms with van der Waals surface area (Å²) in [6.07, 6.45) is 24.1. The fourth-order valence-electron chi connectivity index (χ4n) is 2.79. The van der Waals surface area contributed by atoms with Crippen molar-refractivity contribution in [2.45, 2.75) is 96.8 Å². The van der Waals surface area contributed by atoms with Gasteiger partial charge in [-0.2, -0.15) is 0 Å². The molecule has 1 N–H and O–H groups in total. The summed E-state index contributed by atoms with van der Waals surface area (Å²) >= 11 is 0.605. The molecular weight excluding hydrogens is 390 g/mol. The van der Waals surface area contributed by atoms with Crippen LogP contribution in [0.1, 0.15) is 96.8 Å². The van der Waals surface area contributed by atoms with E-state index in [0.29, 0.717) is 28.6 Å². The Balaban J connectivity index is 3.43. The molecule has 3 nitrogen and oxygen atoms in total. The van der Waals surface area contributed by atoms with Crippen LogP contribution in [0.4, 0.5) is 0 Å². The zero-order valence-corrected chi connectivity index (χ0v) is 20.4. The molecule has 0 atom stereocenters. The van der Waals surface area contributed by atoms with E-state index < -0.39 is 0 Å². The molecule has 0 aliphatic rings. The summed E-state index contributed by atoms with van der Waals surface area (Å²) in [4.78, 5) is 11.7. The topological polar surface area (TPSA) is 46.5 Å². The molecule has 0 saturated carbocycles. The molecule has 4 heteroatoms. The Hall–Kier alpha value is -1.02. The van der Waals surface area contributed by atoms with Crippen molar-refractivity contribution < 1.29 is 32.5 Å². The van der Waals surface area contributed by atoms with Gasteiger partial charge in [0.2, 0.25) is 0 Å². The number of carbonyl (C=O) groups excluding carboxylic acids is 1. The molecule has 150 valence electrons. The first-order valence-corrected chi connectivity index (χ1v) is 12.2. The Labute approximate surface area is 176 Å². The van der Waals surface area contributed by atoms with Crippen LogP contribution in [-0.2, 0) is 27.4 Å². The zero-order valence-electron chi connectivity index (χ0n) is 17.4. The molecule has 0 aromatic carbocycles. The second-order valence-electron chi connectivity index (χ2n) is 7.02. The second kappa shape index (κ2) is 19.7. The number of allylic oxidation sites excluding steroid dienone is 4. The van der Waals surface area contributed by atoms with Gasteiger partial charge in [0.05, 0.1) is 0 Å². The fraction of sp³-hybridized carbons (Fsp3) is 0.652. The monoisotopic (exact) mass is 426 g/mol. The fourth-order valence-corrected chi connectivity index (χ4v) is 3.37. The van der Waals surface area contributed by atoms with Crippen molar-refractivity contribution in [3.05, 3.63) is 36.6 Å². The molecule has 0 bridgehead atoms. The number of hydrogen-bond donors (Lipinski definition) is 1. The van der Waals surface area contributed by atoms with E-state index >= 15 is 0 Å². The van der Waals surface area contributed by atoms with Crippen molar-refractivity contribution in [3.63, 3.8) is 0 Å². The van der Waals surface area contributed by atoms with Crippen molar-refractivity contribution in [2.75, 3.05) is 0 Å². The van der Waals surface area contributed by atoms with Crippen molar-refractivity contribution in [3.8, 4) is 0 Å². The first kappa shape index (κ1) is 26.0. The van der Waals surface area contributed by atoms with E-state index in [0.717, 1.165) is 19.3 Å². The van der Waals surface area contributed by atoms with Gasteiger partial charge in [-0.3, -0.25) is 0 Å². The van der Waals surface area contributed by atoms with Crippen molar-refractivity contribution in [2.24, 2.45) is 0 Å². The van der Waals surface area contributed by atoms with Crippen LogP contribution in [0.15, 0.2) is 36.6 Å². The van der Waals surface area contributed by atoms with Crippen LogP contribution in [0, 0.1) is 0 Å². The molecule has 0 fully saturated rings. The van der Waals surface area contributed by atoms with Gasteiger partial charge in [0.15, 0.2) is 0 Å². The first-order chi connectivity index (χ1) is 13.1.